The molecule has 0 aromatic heterocycles. The number of nitrogens with two attached hydrogens (primary N) is 1. The second kappa shape index (κ2) is 9.90. The number of hydrogen-bond donors (Lipinski definition) is 3. The van der Waals surface area contributed by atoms with Crippen LogP contribution in [0.4, 0.5) is 17.1 Å². The van der Waals surface area contributed by atoms with Gasteiger partial charge in [-0.15, -0.1) is 0 Å². The van der Waals surface area contributed by atoms with Gasteiger partial charge >= 0.3 is 0 Å². The molecule has 29 heavy (non-hydrogen) atoms. The van der Waals surface area contributed by atoms with Gasteiger partial charge in [0, 0.05) is 22.8 Å². The molecule has 0 heterocycles. The van der Waals surface area contributed by atoms with E-state index in [1.165, 1.54) is 0 Å². The van der Waals surface area contributed by atoms with Gasteiger partial charge in [0.05, 0.1) is 17.1 Å². The Kier molecular flexibility index (Phi) is 8.42. The summed E-state index contributed by atoms with van der Waals surface area (Å²) >= 11 is 0. The van der Waals surface area contributed by atoms with Crippen molar-refractivity contribution in [2.75, 3.05) is 16.4 Å². The Balaban J connectivity index is 3.37. The van der Waals surface area contributed by atoms with Crippen molar-refractivity contribution in [2.45, 2.75) is 80.6 Å². The van der Waals surface area contributed by atoms with Crippen LogP contribution in [-0.4, -0.2) is 17.6 Å². The first kappa shape index (κ1) is 24.7. The molecule has 0 atom stereocenters. The highest BCUT2D eigenvalue weighted by Gasteiger charge is 2.28. The summed E-state index contributed by atoms with van der Waals surface area (Å²) in [5, 5.41) is 5.70. The van der Waals surface area contributed by atoms with Gasteiger partial charge in [-0.2, -0.15) is 0 Å². The molecular weight excluding hydrogens is 366 g/mol. The van der Waals surface area contributed by atoms with Gasteiger partial charge in [-0.25, -0.2) is 0 Å². The van der Waals surface area contributed by atoms with Crippen molar-refractivity contribution in [1.29, 1.82) is 0 Å². The van der Waals surface area contributed by atoms with Crippen molar-refractivity contribution in [3.63, 3.8) is 0 Å². The van der Waals surface area contributed by atoms with E-state index in [0.29, 0.717) is 36.2 Å². The third kappa shape index (κ3) is 6.31. The van der Waals surface area contributed by atoms with Gasteiger partial charge in [0.2, 0.25) is 11.8 Å². The van der Waals surface area contributed by atoms with E-state index in [-0.39, 0.29) is 23.3 Å². The maximum Gasteiger partial charge on any atom is 0.230 e. The highest BCUT2D eigenvalue weighted by Crippen LogP contribution is 2.34. The Morgan fingerprint density at radius 2 is 1.28 bits per heavy atom. The fraction of sp³-hybridized carbons (Fsp3) is 0.609. The van der Waals surface area contributed by atoms with Gasteiger partial charge in [-0.3, -0.25) is 14.4 Å². The number of nitrogen functional groups attached to an aromatic ring is 1. The summed E-state index contributed by atoms with van der Waals surface area (Å²) in [6, 6.07) is 3.22. The van der Waals surface area contributed by atoms with Crippen LogP contribution in [0.1, 0.15) is 90.9 Å². The number of Topliss-reactive ketones (excluding diaryl/α,β-unsaturated/α-hetero) is 1. The molecule has 0 unspecified atom stereocenters. The Labute approximate surface area is 175 Å². The molecule has 0 aliphatic carbocycles. The van der Waals surface area contributed by atoms with Crippen molar-refractivity contribution >= 4 is 34.7 Å². The summed E-state index contributed by atoms with van der Waals surface area (Å²) < 4.78 is 0. The summed E-state index contributed by atoms with van der Waals surface area (Å²) in [7, 11) is 0. The lowest BCUT2D eigenvalue weighted by molar-refractivity contribution is -0.124. The summed E-state index contributed by atoms with van der Waals surface area (Å²) in [6.45, 7) is 13.3. The van der Waals surface area contributed by atoms with Crippen LogP contribution in [0.25, 0.3) is 0 Å². The lowest BCUT2D eigenvalue weighted by Gasteiger charge is -2.25. The van der Waals surface area contributed by atoms with Crippen molar-refractivity contribution in [2.24, 2.45) is 10.8 Å². The first-order valence-electron chi connectivity index (χ1n) is 10.5. The van der Waals surface area contributed by atoms with Crippen LogP contribution < -0.4 is 16.4 Å². The van der Waals surface area contributed by atoms with Crippen molar-refractivity contribution in [3.8, 4) is 0 Å². The van der Waals surface area contributed by atoms with Gasteiger partial charge in [-0.05, 0) is 31.4 Å². The van der Waals surface area contributed by atoms with Gasteiger partial charge in [0.1, 0.15) is 0 Å². The highest BCUT2D eigenvalue weighted by molar-refractivity contribution is 6.07. The Morgan fingerprint density at radius 3 is 1.62 bits per heavy atom. The number of anilines is 3. The number of carbonyl (C=O) groups is 3. The molecule has 6 heteroatoms. The zero-order chi connectivity index (χ0) is 22.4. The number of benzene rings is 1. The Hall–Kier alpha value is -2.37. The third-order valence-electron chi connectivity index (χ3n) is 5.75. The van der Waals surface area contributed by atoms with Crippen molar-refractivity contribution in [3.05, 3.63) is 17.7 Å². The van der Waals surface area contributed by atoms with E-state index >= 15 is 0 Å². The standard InChI is InChI=1S/C23H37N3O3/c1-8-11-12-18(27)15-13-16(25-20(28)22(4,5)9-2)19(24)17(14-15)26-21(29)23(6,7)10-3/h13-14H,8-12,24H2,1-7H3,(H,25,28)(H,26,29). The van der Waals surface area contributed by atoms with E-state index < -0.39 is 10.8 Å². The smallest absolute Gasteiger partial charge is 0.230 e. The second-order valence-corrected chi connectivity index (χ2v) is 8.89. The van der Waals surface area contributed by atoms with Gasteiger partial charge < -0.3 is 16.4 Å². The first-order chi connectivity index (χ1) is 13.4. The SMILES string of the molecule is CCCCC(=O)c1cc(NC(=O)C(C)(C)CC)c(N)c(NC(=O)C(C)(C)CC)c1. The third-order valence-corrected chi connectivity index (χ3v) is 5.75. The van der Waals surface area contributed by atoms with Crippen LogP contribution in [0, 0.1) is 10.8 Å². The Bertz CT molecular complexity index is 716. The zero-order valence-corrected chi connectivity index (χ0v) is 19.0. The predicted octanol–water partition coefficient (Wildman–Crippen LogP) is 5.39. The summed E-state index contributed by atoms with van der Waals surface area (Å²) in [6.07, 6.45) is 3.40. The lowest BCUT2D eigenvalue weighted by atomic mass is 9.88. The van der Waals surface area contributed by atoms with Gasteiger partial charge in [0.25, 0.3) is 0 Å². The lowest BCUT2D eigenvalue weighted by Crippen LogP contribution is -2.31. The molecule has 1 aromatic rings. The summed E-state index contributed by atoms with van der Waals surface area (Å²) in [4.78, 5) is 38.0. The average Bonchev–Trinajstić information content (AvgIpc) is 2.68. The minimum atomic E-state index is -0.581. The number of unbranched alkanes of at least 4 members (excludes halogenated alkanes) is 1. The fourth-order valence-electron chi connectivity index (χ4n) is 2.41. The van der Waals surface area contributed by atoms with Crippen LogP contribution in [-0.2, 0) is 9.59 Å². The molecule has 0 saturated heterocycles. The summed E-state index contributed by atoms with van der Waals surface area (Å²) in [5.41, 5.74) is 6.50. The maximum atomic E-state index is 12.7. The fourth-order valence-corrected chi connectivity index (χ4v) is 2.41. The number of ketones is 1. The molecule has 1 aromatic carbocycles. The minimum Gasteiger partial charge on any atom is -0.395 e. The van der Waals surface area contributed by atoms with Crippen LogP contribution in [0.5, 0.6) is 0 Å². The molecular formula is C23H37N3O3. The van der Waals surface area contributed by atoms with Gasteiger partial charge in [0.15, 0.2) is 5.78 Å². The van der Waals surface area contributed by atoms with E-state index in [0.717, 1.165) is 12.8 Å². The monoisotopic (exact) mass is 403 g/mol. The number of nitrogens with one attached hydrogen (secondary N) is 2. The number of rotatable bonds is 10. The van der Waals surface area contributed by atoms with E-state index in [9.17, 15) is 14.4 Å². The molecule has 162 valence electrons. The topological polar surface area (TPSA) is 101 Å². The first-order valence-corrected chi connectivity index (χ1v) is 10.5. The normalized spacial score (nSPS) is 11.8. The second-order valence-electron chi connectivity index (χ2n) is 8.89. The molecule has 0 bridgehead atoms. The van der Waals surface area contributed by atoms with E-state index in [4.69, 9.17) is 5.73 Å². The quantitative estimate of drug-likeness (QED) is 0.360. The van der Waals surface area contributed by atoms with Crippen molar-refractivity contribution < 1.29 is 14.4 Å². The molecule has 0 fully saturated rings. The number of carbonyl (C=O) groups excluding carboxylic acids is 3. The molecule has 1 rings (SSSR count). The molecule has 4 N–H and O–H groups in total. The minimum absolute atomic E-state index is 0.0395. The molecule has 0 aliphatic heterocycles. The Morgan fingerprint density at radius 1 is 0.862 bits per heavy atom. The molecule has 6 nitrogen and oxygen atoms in total. The zero-order valence-electron chi connectivity index (χ0n) is 19.0. The number of amides is 2. The van der Waals surface area contributed by atoms with Crippen LogP contribution in [0.3, 0.4) is 0 Å². The van der Waals surface area contributed by atoms with E-state index in [1.54, 1.807) is 12.1 Å². The van der Waals surface area contributed by atoms with E-state index in [1.807, 2.05) is 48.5 Å². The molecule has 0 spiro atoms. The number of hydrogen-bond acceptors (Lipinski definition) is 4. The predicted molar refractivity (Wildman–Crippen MR) is 120 cm³/mol. The highest BCUT2D eigenvalue weighted by atomic mass is 16.2. The van der Waals surface area contributed by atoms with E-state index in [2.05, 4.69) is 10.6 Å². The molecule has 0 saturated carbocycles. The van der Waals surface area contributed by atoms with Gasteiger partial charge in [-0.1, -0.05) is 54.9 Å². The average molecular weight is 404 g/mol. The summed E-state index contributed by atoms with van der Waals surface area (Å²) in [5.74, 6) is -0.408. The molecule has 0 radical (unpaired) electrons. The van der Waals surface area contributed by atoms with Crippen LogP contribution in [0.15, 0.2) is 12.1 Å². The van der Waals surface area contributed by atoms with Crippen LogP contribution in [0.2, 0.25) is 0 Å². The molecule has 2 amide bonds. The van der Waals surface area contributed by atoms with Crippen molar-refractivity contribution in [1.82, 2.24) is 0 Å². The maximum absolute atomic E-state index is 12.7. The van der Waals surface area contributed by atoms with Crippen LogP contribution >= 0.6 is 0 Å². The molecule has 0 aliphatic rings. The largest absolute Gasteiger partial charge is 0.395 e.